The van der Waals surface area contributed by atoms with Crippen LogP contribution in [0.25, 0.3) is 0 Å². The second-order valence-corrected chi connectivity index (χ2v) is 7.40. The smallest absolute Gasteiger partial charge is 0.250 e. The average molecular weight is 394 g/mol. The van der Waals surface area contributed by atoms with E-state index in [9.17, 15) is 9.59 Å². The lowest BCUT2D eigenvalue weighted by molar-refractivity contribution is -0.122. The molecule has 1 amide bonds. The van der Waals surface area contributed by atoms with Crippen LogP contribution in [-0.2, 0) is 18.4 Å². The summed E-state index contributed by atoms with van der Waals surface area (Å²) in [5.41, 5.74) is 1.50. The van der Waals surface area contributed by atoms with Crippen molar-refractivity contribution in [2.45, 2.75) is 31.8 Å². The van der Waals surface area contributed by atoms with E-state index in [-0.39, 0.29) is 17.5 Å². The summed E-state index contributed by atoms with van der Waals surface area (Å²) in [6.45, 7) is 1.41. The Morgan fingerprint density at radius 3 is 2.73 bits per heavy atom. The van der Waals surface area contributed by atoms with Crippen molar-refractivity contribution in [2.75, 3.05) is 11.9 Å². The van der Waals surface area contributed by atoms with Crippen LogP contribution in [-0.4, -0.2) is 28.0 Å². The van der Waals surface area contributed by atoms with Crippen molar-refractivity contribution >= 4 is 34.8 Å². The van der Waals surface area contributed by atoms with E-state index in [0.29, 0.717) is 22.3 Å². The van der Waals surface area contributed by atoms with Crippen LogP contribution in [0, 0.1) is 0 Å². The zero-order chi connectivity index (χ0) is 18.7. The minimum Gasteiger partial charge on any atom is -0.325 e. The third-order valence-electron chi connectivity index (χ3n) is 4.66. The van der Waals surface area contributed by atoms with Crippen LogP contribution in [0.5, 0.6) is 0 Å². The van der Waals surface area contributed by atoms with E-state index in [1.165, 1.54) is 4.57 Å². The first-order valence-electron chi connectivity index (χ1n) is 8.59. The molecule has 26 heavy (non-hydrogen) atoms. The molecular weight excluding hydrogens is 373 g/mol. The number of piperidine rings is 1. The molecule has 1 aromatic carbocycles. The maximum absolute atomic E-state index is 12.8. The summed E-state index contributed by atoms with van der Waals surface area (Å²) in [5, 5.41) is 3.79. The van der Waals surface area contributed by atoms with Gasteiger partial charge in [-0.25, -0.2) is 0 Å². The third-order valence-corrected chi connectivity index (χ3v) is 5.40. The zero-order valence-electron chi connectivity index (χ0n) is 14.5. The minimum absolute atomic E-state index is 0.0451. The Bertz CT molecular complexity index is 866. The normalized spacial score (nSPS) is 17.9. The van der Waals surface area contributed by atoms with Gasteiger partial charge in [0.05, 0.1) is 16.1 Å². The van der Waals surface area contributed by atoms with Crippen molar-refractivity contribution in [3.8, 4) is 0 Å². The van der Waals surface area contributed by atoms with E-state index in [4.69, 9.17) is 23.2 Å². The fraction of sp³-hybridized carbons (Fsp3) is 0.368. The van der Waals surface area contributed by atoms with Crippen LogP contribution in [0.3, 0.4) is 0 Å². The lowest BCUT2D eigenvalue weighted by Gasteiger charge is -2.34. The number of benzene rings is 1. The van der Waals surface area contributed by atoms with Crippen molar-refractivity contribution in [1.82, 2.24) is 9.47 Å². The highest BCUT2D eigenvalue weighted by molar-refractivity contribution is 6.42. The van der Waals surface area contributed by atoms with Gasteiger partial charge < -0.3 is 9.88 Å². The van der Waals surface area contributed by atoms with E-state index in [2.05, 4.69) is 10.2 Å². The van der Waals surface area contributed by atoms with Crippen LogP contribution < -0.4 is 10.9 Å². The van der Waals surface area contributed by atoms with E-state index in [1.54, 1.807) is 37.5 Å². The number of aromatic nitrogens is 1. The molecule has 1 aliphatic rings. The number of hydrogen-bond donors (Lipinski definition) is 1. The molecular formula is C19H21Cl2N3O2. The largest absolute Gasteiger partial charge is 0.325 e. The molecule has 0 aliphatic carbocycles. The summed E-state index contributed by atoms with van der Waals surface area (Å²) in [6.07, 6.45) is 4.60. The number of halogens is 2. The molecule has 1 saturated heterocycles. The Morgan fingerprint density at radius 2 is 2.00 bits per heavy atom. The molecule has 2 aromatic rings. The van der Waals surface area contributed by atoms with Gasteiger partial charge in [-0.3, -0.25) is 14.5 Å². The first-order chi connectivity index (χ1) is 12.4. The number of pyridine rings is 1. The first-order valence-corrected chi connectivity index (χ1v) is 9.35. The highest BCUT2D eigenvalue weighted by Gasteiger charge is 2.28. The Hall–Kier alpha value is -1.82. The molecule has 1 atom stereocenters. The fourth-order valence-electron chi connectivity index (χ4n) is 3.20. The second-order valence-electron chi connectivity index (χ2n) is 6.58. The molecule has 7 heteroatoms. The summed E-state index contributed by atoms with van der Waals surface area (Å²) in [5.74, 6) is -0.0630. The molecule has 1 N–H and O–H groups in total. The van der Waals surface area contributed by atoms with E-state index in [0.717, 1.165) is 31.4 Å². The summed E-state index contributed by atoms with van der Waals surface area (Å²) >= 11 is 11.9. The highest BCUT2D eigenvalue weighted by atomic mass is 35.5. The summed E-state index contributed by atoms with van der Waals surface area (Å²) in [6, 6.07) is 8.36. The summed E-state index contributed by atoms with van der Waals surface area (Å²) in [4.78, 5) is 26.8. The van der Waals surface area contributed by atoms with Gasteiger partial charge in [-0.15, -0.1) is 0 Å². The highest BCUT2D eigenvalue weighted by Crippen LogP contribution is 2.26. The average Bonchev–Trinajstić information content (AvgIpc) is 2.62. The number of carbonyl (C=O) groups is 1. The number of nitrogens with one attached hydrogen (secondary N) is 1. The second kappa shape index (κ2) is 8.25. The molecule has 0 saturated carbocycles. The van der Waals surface area contributed by atoms with Gasteiger partial charge in [0, 0.05) is 31.5 Å². The van der Waals surface area contributed by atoms with E-state index < -0.39 is 0 Å². The Balaban J connectivity index is 1.72. The van der Waals surface area contributed by atoms with Crippen molar-refractivity contribution in [2.24, 2.45) is 7.05 Å². The number of hydrogen-bond acceptors (Lipinski definition) is 3. The first kappa shape index (κ1) is 19.0. The van der Waals surface area contributed by atoms with Crippen LogP contribution >= 0.6 is 23.2 Å². The molecule has 0 radical (unpaired) electrons. The molecule has 0 unspecified atom stereocenters. The number of anilines is 1. The monoisotopic (exact) mass is 393 g/mol. The number of nitrogens with zero attached hydrogens (tertiary/aromatic N) is 2. The maximum Gasteiger partial charge on any atom is 0.250 e. The standard InChI is InChI=1S/C19H21Cl2N3O2/c1-23-9-7-13(10-18(23)25)12-24-8-3-2-4-17(24)19(26)22-14-5-6-15(20)16(21)11-14/h5-7,9-11,17H,2-4,8,12H2,1H3,(H,22,26)/t17-/m1/s1. The number of amides is 1. The molecule has 0 spiro atoms. The van der Waals surface area contributed by atoms with Gasteiger partial charge in [0.1, 0.15) is 0 Å². The van der Waals surface area contributed by atoms with Crippen molar-refractivity contribution in [1.29, 1.82) is 0 Å². The summed E-state index contributed by atoms with van der Waals surface area (Å²) in [7, 11) is 1.72. The van der Waals surface area contributed by atoms with Gasteiger partial charge in [0.15, 0.2) is 0 Å². The topological polar surface area (TPSA) is 54.3 Å². The van der Waals surface area contributed by atoms with Crippen LogP contribution in [0.1, 0.15) is 24.8 Å². The number of likely N-dealkylation sites (tertiary alicyclic amines) is 1. The SMILES string of the molecule is Cn1ccc(CN2CCCC[C@@H]2C(=O)Nc2ccc(Cl)c(Cl)c2)cc1=O. The molecule has 5 nitrogen and oxygen atoms in total. The fourth-order valence-corrected chi connectivity index (χ4v) is 3.50. The van der Waals surface area contributed by atoms with Crippen LogP contribution in [0.4, 0.5) is 5.69 Å². The zero-order valence-corrected chi connectivity index (χ0v) is 16.1. The Kier molecular flexibility index (Phi) is 6.01. The molecule has 1 fully saturated rings. The minimum atomic E-state index is -0.234. The predicted octanol–water partition coefficient (Wildman–Crippen LogP) is 3.69. The predicted molar refractivity (Wildman–Crippen MR) is 105 cm³/mol. The lowest BCUT2D eigenvalue weighted by atomic mass is 10.0. The number of carbonyl (C=O) groups excluding carboxylic acids is 1. The molecule has 3 rings (SSSR count). The number of rotatable bonds is 4. The van der Waals surface area contributed by atoms with Gasteiger partial charge in [-0.1, -0.05) is 29.6 Å². The van der Waals surface area contributed by atoms with Crippen molar-refractivity contribution < 1.29 is 4.79 Å². The lowest BCUT2D eigenvalue weighted by Crippen LogP contribution is -2.46. The van der Waals surface area contributed by atoms with Crippen LogP contribution in [0.15, 0.2) is 41.3 Å². The molecule has 0 bridgehead atoms. The molecule has 1 aromatic heterocycles. The molecule has 138 valence electrons. The third kappa shape index (κ3) is 4.47. The van der Waals surface area contributed by atoms with Gasteiger partial charge in [0.2, 0.25) is 5.91 Å². The van der Waals surface area contributed by atoms with E-state index >= 15 is 0 Å². The Morgan fingerprint density at radius 1 is 1.19 bits per heavy atom. The van der Waals surface area contributed by atoms with E-state index in [1.807, 2.05) is 6.07 Å². The van der Waals surface area contributed by atoms with Gasteiger partial charge >= 0.3 is 0 Å². The Labute approximate surface area is 162 Å². The molecule has 2 heterocycles. The quantitative estimate of drug-likeness (QED) is 0.861. The summed E-state index contributed by atoms with van der Waals surface area (Å²) < 4.78 is 1.54. The van der Waals surface area contributed by atoms with Crippen LogP contribution in [0.2, 0.25) is 10.0 Å². The van der Waals surface area contributed by atoms with Gasteiger partial charge in [-0.05, 0) is 49.2 Å². The maximum atomic E-state index is 12.8. The number of aryl methyl sites for hydroxylation is 1. The van der Waals surface area contributed by atoms with Crippen molar-refractivity contribution in [3.63, 3.8) is 0 Å². The van der Waals surface area contributed by atoms with Gasteiger partial charge in [-0.2, -0.15) is 0 Å². The molecule has 1 aliphatic heterocycles. The van der Waals surface area contributed by atoms with Crippen molar-refractivity contribution in [3.05, 3.63) is 62.5 Å². The van der Waals surface area contributed by atoms with Gasteiger partial charge in [0.25, 0.3) is 5.56 Å².